The van der Waals surface area contributed by atoms with Crippen molar-refractivity contribution in [1.29, 1.82) is 0 Å². The van der Waals surface area contributed by atoms with E-state index in [0.29, 0.717) is 35.6 Å². The molecule has 1 aromatic carbocycles. The fourth-order valence-corrected chi connectivity index (χ4v) is 4.24. The molecule has 0 aliphatic carbocycles. The molecule has 7 nitrogen and oxygen atoms in total. The normalized spacial score (nSPS) is 19.1. The van der Waals surface area contributed by atoms with Gasteiger partial charge in [0.2, 0.25) is 0 Å². The zero-order valence-corrected chi connectivity index (χ0v) is 17.9. The van der Waals surface area contributed by atoms with E-state index in [1.54, 1.807) is 13.2 Å². The summed E-state index contributed by atoms with van der Waals surface area (Å²) in [7, 11) is 1.60. The van der Waals surface area contributed by atoms with Crippen LogP contribution in [0.5, 0.6) is 5.75 Å². The summed E-state index contributed by atoms with van der Waals surface area (Å²) in [6, 6.07) is 7.41. The molecule has 2 heterocycles. The van der Waals surface area contributed by atoms with E-state index in [9.17, 15) is 9.59 Å². The lowest BCUT2D eigenvalue weighted by Gasteiger charge is -2.26. The number of carbonyl (C=O) groups excluding carboxylic acids is 2. The minimum absolute atomic E-state index is 0.116. The van der Waals surface area contributed by atoms with Gasteiger partial charge in [0.05, 0.1) is 31.6 Å². The molecule has 0 saturated carbocycles. The number of thioether (sulfide) groups is 1. The molecule has 0 spiro atoms. The van der Waals surface area contributed by atoms with Gasteiger partial charge in [-0.3, -0.25) is 19.4 Å². The van der Waals surface area contributed by atoms with Crippen molar-refractivity contribution in [2.24, 2.45) is 0 Å². The Hall–Kier alpha value is -1.94. The monoisotopic (exact) mass is 436 g/mol. The lowest BCUT2D eigenvalue weighted by Crippen LogP contribution is -2.38. The Morgan fingerprint density at radius 1 is 1.24 bits per heavy atom. The molecule has 1 aromatic rings. The maximum Gasteiger partial charge on any atom is 0.307 e. The van der Waals surface area contributed by atoms with Crippen LogP contribution in [0.4, 0.5) is 0 Å². The van der Waals surface area contributed by atoms with Crippen LogP contribution in [0.2, 0.25) is 0 Å². The second-order valence-electron chi connectivity index (χ2n) is 6.53. The second kappa shape index (κ2) is 10.7. The van der Waals surface area contributed by atoms with Crippen LogP contribution in [0.25, 0.3) is 6.08 Å². The molecule has 9 heteroatoms. The largest absolute Gasteiger partial charge is 0.497 e. The van der Waals surface area contributed by atoms with Gasteiger partial charge in [-0.1, -0.05) is 36.1 Å². The van der Waals surface area contributed by atoms with Crippen molar-refractivity contribution < 1.29 is 23.8 Å². The molecule has 2 aliphatic heterocycles. The predicted molar refractivity (Wildman–Crippen MR) is 116 cm³/mol. The number of hydrogen-bond donors (Lipinski definition) is 0. The van der Waals surface area contributed by atoms with Gasteiger partial charge in [-0.2, -0.15) is 0 Å². The topological polar surface area (TPSA) is 68.3 Å². The summed E-state index contributed by atoms with van der Waals surface area (Å²) in [5.74, 6) is 0.241. The van der Waals surface area contributed by atoms with Crippen LogP contribution in [-0.4, -0.2) is 79.1 Å². The summed E-state index contributed by atoms with van der Waals surface area (Å²) >= 11 is 6.55. The van der Waals surface area contributed by atoms with Crippen LogP contribution in [0.3, 0.4) is 0 Å². The number of hydrogen-bond acceptors (Lipinski definition) is 8. The summed E-state index contributed by atoms with van der Waals surface area (Å²) in [6.45, 7) is 4.40. The zero-order chi connectivity index (χ0) is 20.6. The van der Waals surface area contributed by atoms with Crippen LogP contribution in [0.15, 0.2) is 29.2 Å². The molecular weight excluding hydrogens is 412 g/mol. The summed E-state index contributed by atoms with van der Waals surface area (Å²) in [4.78, 5) is 28.8. The van der Waals surface area contributed by atoms with E-state index in [2.05, 4.69) is 4.90 Å². The molecule has 0 unspecified atom stereocenters. The van der Waals surface area contributed by atoms with Crippen LogP contribution < -0.4 is 4.74 Å². The molecule has 3 rings (SSSR count). The SMILES string of the molecule is COc1ccc(C=C2SC(=S)N(CCC(=O)OCCN3CCOCC3)C2=O)cc1. The van der Waals surface area contributed by atoms with Crippen LogP contribution in [0, 0.1) is 0 Å². The predicted octanol–water partition coefficient (Wildman–Crippen LogP) is 2.16. The Kier molecular flexibility index (Phi) is 8.05. The van der Waals surface area contributed by atoms with E-state index < -0.39 is 0 Å². The number of ether oxygens (including phenoxy) is 3. The van der Waals surface area contributed by atoms with Gasteiger partial charge in [0.1, 0.15) is 16.7 Å². The van der Waals surface area contributed by atoms with Gasteiger partial charge in [0, 0.05) is 26.2 Å². The molecule has 0 atom stereocenters. The molecular formula is C20H24N2O5S2. The molecule has 2 saturated heterocycles. The first kappa shape index (κ1) is 21.8. The highest BCUT2D eigenvalue weighted by molar-refractivity contribution is 8.26. The number of carbonyl (C=O) groups is 2. The van der Waals surface area contributed by atoms with Crippen LogP contribution in [0.1, 0.15) is 12.0 Å². The van der Waals surface area contributed by atoms with Crippen LogP contribution >= 0.6 is 24.0 Å². The minimum Gasteiger partial charge on any atom is -0.497 e. The van der Waals surface area contributed by atoms with E-state index in [4.69, 9.17) is 26.4 Å². The average Bonchev–Trinajstić information content (AvgIpc) is 3.00. The fourth-order valence-electron chi connectivity index (χ4n) is 2.93. The lowest BCUT2D eigenvalue weighted by atomic mass is 10.2. The average molecular weight is 437 g/mol. The number of nitrogens with zero attached hydrogens (tertiary/aromatic N) is 2. The van der Waals surface area contributed by atoms with Gasteiger partial charge in [0.25, 0.3) is 5.91 Å². The highest BCUT2D eigenvalue weighted by Gasteiger charge is 2.32. The number of esters is 1. The standard InChI is InChI=1S/C20H24N2O5S2/c1-25-16-4-2-15(3-5-16)14-17-19(24)22(20(28)29-17)7-6-18(23)27-13-10-21-8-11-26-12-9-21/h2-5,14H,6-13H2,1H3. The van der Waals surface area contributed by atoms with Gasteiger partial charge < -0.3 is 14.2 Å². The lowest BCUT2D eigenvalue weighted by molar-refractivity contribution is -0.144. The molecule has 156 valence electrons. The summed E-state index contributed by atoms with van der Waals surface area (Å²) < 4.78 is 16.2. The van der Waals surface area contributed by atoms with Crippen molar-refractivity contribution in [2.75, 3.05) is 53.1 Å². The van der Waals surface area contributed by atoms with Gasteiger partial charge in [-0.25, -0.2) is 0 Å². The van der Waals surface area contributed by atoms with Crippen molar-refractivity contribution in [3.05, 3.63) is 34.7 Å². The van der Waals surface area contributed by atoms with Crippen molar-refractivity contribution in [3.8, 4) is 5.75 Å². The van der Waals surface area contributed by atoms with E-state index in [-0.39, 0.29) is 24.8 Å². The smallest absolute Gasteiger partial charge is 0.307 e. The molecule has 0 N–H and O–H groups in total. The van der Waals surface area contributed by atoms with Gasteiger partial charge in [-0.05, 0) is 23.8 Å². The number of methoxy groups -OCH3 is 1. The Morgan fingerprint density at radius 3 is 2.66 bits per heavy atom. The first-order valence-electron chi connectivity index (χ1n) is 9.42. The maximum absolute atomic E-state index is 12.6. The Labute approximate surface area is 180 Å². The quantitative estimate of drug-likeness (QED) is 0.349. The molecule has 2 aliphatic rings. The highest BCUT2D eigenvalue weighted by atomic mass is 32.2. The zero-order valence-electron chi connectivity index (χ0n) is 16.3. The Morgan fingerprint density at radius 2 is 1.97 bits per heavy atom. The summed E-state index contributed by atoms with van der Waals surface area (Å²) in [6.07, 6.45) is 1.91. The third kappa shape index (κ3) is 6.27. The van der Waals surface area contributed by atoms with E-state index in [0.717, 1.165) is 24.4 Å². The van der Waals surface area contributed by atoms with Crippen molar-refractivity contribution in [1.82, 2.24) is 9.80 Å². The van der Waals surface area contributed by atoms with Crippen molar-refractivity contribution in [3.63, 3.8) is 0 Å². The van der Waals surface area contributed by atoms with E-state index >= 15 is 0 Å². The number of rotatable bonds is 8. The highest BCUT2D eigenvalue weighted by Crippen LogP contribution is 2.32. The Balaban J connectivity index is 1.45. The first-order valence-corrected chi connectivity index (χ1v) is 10.6. The first-order chi connectivity index (χ1) is 14.1. The van der Waals surface area contributed by atoms with Crippen molar-refractivity contribution >= 4 is 46.3 Å². The second-order valence-corrected chi connectivity index (χ2v) is 8.21. The molecule has 1 amide bonds. The van der Waals surface area contributed by atoms with Gasteiger partial charge in [0.15, 0.2) is 0 Å². The van der Waals surface area contributed by atoms with E-state index in [1.807, 2.05) is 24.3 Å². The van der Waals surface area contributed by atoms with E-state index in [1.165, 1.54) is 16.7 Å². The third-order valence-corrected chi connectivity index (χ3v) is 5.98. The number of benzene rings is 1. The maximum atomic E-state index is 12.6. The Bertz CT molecular complexity index is 776. The molecule has 0 radical (unpaired) electrons. The van der Waals surface area contributed by atoms with Crippen LogP contribution in [-0.2, 0) is 19.1 Å². The molecule has 29 heavy (non-hydrogen) atoms. The number of morpholine rings is 1. The molecule has 0 aromatic heterocycles. The molecule has 0 bridgehead atoms. The molecule has 2 fully saturated rings. The van der Waals surface area contributed by atoms with Crippen molar-refractivity contribution in [2.45, 2.75) is 6.42 Å². The van der Waals surface area contributed by atoms with Gasteiger partial charge >= 0.3 is 5.97 Å². The summed E-state index contributed by atoms with van der Waals surface area (Å²) in [5.41, 5.74) is 0.883. The number of thiocarbonyl (C=S) groups is 1. The third-order valence-electron chi connectivity index (χ3n) is 4.60. The minimum atomic E-state index is -0.327. The fraction of sp³-hybridized carbons (Fsp3) is 0.450. The number of amides is 1. The van der Waals surface area contributed by atoms with Gasteiger partial charge in [-0.15, -0.1) is 0 Å². The summed E-state index contributed by atoms with van der Waals surface area (Å²) in [5, 5.41) is 0.